The zero-order valence-electron chi connectivity index (χ0n) is 14.1. The van der Waals surface area contributed by atoms with Crippen LogP contribution in [0.1, 0.15) is 6.92 Å². The molecule has 8 nitrogen and oxygen atoms in total. The maximum atomic E-state index is 12.5. The molecule has 3 aromatic rings. The fourth-order valence-electron chi connectivity index (χ4n) is 2.36. The SMILES string of the molecule is C[C@H](Cn1cnc2c(N)ncnc21)OC[P@@](C)(=O)Oc1ccccc1. The average Bonchev–Trinajstić information content (AvgIpc) is 2.98. The molecule has 0 aliphatic rings. The highest BCUT2D eigenvalue weighted by Gasteiger charge is 2.20. The van der Waals surface area contributed by atoms with E-state index >= 15 is 0 Å². The van der Waals surface area contributed by atoms with Gasteiger partial charge < -0.3 is 19.6 Å². The number of nitrogen functional groups attached to an aromatic ring is 1. The third kappa shape index (κ3) is 4.35. The van der Waals surface area contributed by atoms with E-state index in [0.29, 0.717) is 29.3 Å². The molecule has 0 spiro atoms. The molecule has 0 amide bonds. The molecule has 1 aromatic carbocycles. The van der Waals surface area contributed by atoms with Gasteiger partial charge in [0, 0.05) is 6.66 Å². The third-order valence-corrected chi connectivity index (χ3v) is 4.73. The van der Waals surface area contributed by atoms with Crippen molar-refractivity contribution in [3.63, 3.8) is 0 Å². The van der Waals surface area contributed by atoms with E-state index in [4.69, 9.17) is 15.0 Å². The van der Waals surface area contributed by atoms with E-state index < -0.39 is 7.37 Å². The van der Waals surface area contributed by atoms with Crippen LogP contribution in [0.4, 0.5) is 5.82 Å². The first kappa shape index (κ1) is 17.4. The van der Waals surface area contributed by atoms with Crippen molar-refractivity contribution in [1.82, 2.24) is 19.5 Å². The van der Waals surface area contributed by atoms with Crippen LogP contribution < -0.4 is 10.3 Å². The topological polar surface area (TPSA) is 105 Å². The van der Waals surface area contributed by atoms with Crippen LogP contribution in [-0.4, -0.2) is 38.6 Å². The van der Waals surface area contributed by atoms with Gasteiger partial charge in [0.05, 0.1) is 19.0 Å². The van der Waals surface area contributed by atoms with Gasteiger partial charge in [-0.2, -0.15) is 0 Å². The summed E-state index contributed by atoms with van der Waals surface area (Å²) in [5.41, 5.74) is 6.98. The smallest absolute Gasteiger partial charge is 0.269 e. The molecule has 0 saturated heterocycles. The summed E-state index contributed by atoms with van der Waals surface area (Å²) in [4.78, 5) is 12.3. The predicted octanol–water partition coefficient (Wildman–Crippen LogP) is 2.76. The van der Waals surface area contributed by atoms with Crippen LogP contribution >= 0.6 is 7.37 Å². The predicted molar refractivity (Wildman–Crippen MR) is 95.7 cm³/mol. The first-order valence-corrected chi connectivity index (χ1v) is 10.0. The Balaban J connectivity index is 1.59. The van der Waals surface area contributed by atoms with Crippen molar-refractivity contribution in [3.05, 3.63) is 43.0 Å². The molecule has 0 aliphatic heterocycles. The number of aromatic nitrogens is 4. The number of rotatable bonds is 7. The lowest BCUT2D eigenvalue weighted by molar-refractivity contribution is 0.0835. The number of anilines is 1. The van der Waals surface area contributed by atoms with Gasteiger partial charge in [-0.1, -0.05) is 18.2 Å². The summed E-state index contributed by atoms with van der Waals surface area (Å²) in [5, 5.41) is 0. The second-order valence-corrected chi connectivity index (χ2v) is 8.32. The first-order valence-electron chi connectivity index (χ1n) is 7.79. The molecule has 0 saturated carbocycles. The Morgan fingerprint density at radius 3 is 2.76 bits per heavy atom. The molecule has 25 heavy (non-hydrogen) atoms. The standard InChI is InChI=1S/C16H20N5O3P/c1-12(8-21-10-20-14-15(17)18-9-19-16(14)21)23-11-25(2,22)24-13-6-4-3-5-7-13/h3-7,9-10,12H,8,11H2,1-2H3,(H2,17,18,19)/t12-,25+/m1/s1. The van der Waals surface area contributed by atoms with Gasteiger partial charge in [-0.15, -0.1) is 0 Å². The normalized spacial score (nSPS) is 15.0. The van der Waals surface area contributed by atoms with Crippen LogP contribution in [-0.2, 0) is 15.8 Å². The van der Waals surface area contributed by atoms with Crippen molar-refractivity contribution in [2.75, 3.05) is 18.7 Å². The Hall–Kier alpha value is -2.44. The Morgan fingerprint density at radius 1 is 1.24 bits per heavy atom. The molecule has 0 fully saturated rings. The maximum absolute atomic E-state index is 12.5. The second-order valence-electron chi connectivity index (χ2n) is 5.85. The van der Waals surface area contributed by atoms with E-state index in [-0.39, 0.29) is 12.5 Å². The van der Waals surface area contributed by atoms with E-state index in [1.807, 2.05) is 29.7 Å². The number of ether oxygens (including phenoxy) is 1. The third-order valence-electron chi connectivity index (χ3n) is 3.52. The highest BCUT2D eigenvalue weighted by molar-refractivity contribution is 7.58. The molecular weight excluding hydrogens is 341 g/mol. The van der Waals surface area contributed by atoms with Crippen molar-refractivity contribution in [1.29, 1.82) is 0 Å². The number of nitrogens with zero attached hydrogens (tertiary/aromatic N) is 4. The van der Waals surface area contributed by atoms with E-state index in [9.17, 15) is 4.57 Å². The molecule has 0 radical (unpaired) electrons. The Labute approximate surface area is 145 Å². The van der Waals surface area contributed by atoms with Crippen LogP contribution in [0, 0.1) is 0 Å². The fourth-order valence-corrected chi connectivity index (χ4v) is 3.50. The molecule has 2 atom stereocenters. The minimum atomic E-state index is -2.91. The van der Waals surface area contributed by atoms with Crippen molar-refractivity contribution in [3.8, 4) is 5.75 Å². The van der Waals surface area contributed by atoms with Crippen LogP contribution in [0.25, 0.3) is 11.2 Å². The summed E-state index contributed by atoms with van der Waals surface area (Å²) >= 11 is 0. The average molecular weight is 361 g/mol. The number of hydrogen-bond acceptors (Lipinski definition) is 7. The number of imidazole rings is 1. The zero-order chi connectivity index (χ0) is 17.9. The van der Waals surface area contributed by atoms with Gasteiger partial charge in [-0.25, -0.2) is 15.0 Å². The molecule has 0 aliphatic carbocycles. The summed E-state index contributed by atoms with van der Waals surface area (Å²) in [7, 11) is -2.91. The monoisotopic (exact) mass is 361 g/mol. The molecule has 0 unspecified atom stereocenters. The molecule has 3 rings (SSSR count). The lowest BCUT2D eigenvalue weighted by atomic mass is 10.3. The van der Waals surface area contributed by atoms with E-state index in [2.05, 4.69) is 15.0 Å². The van der Waals surface area contributed by atoms with Crippen LogP contribution in [0.15, 0.2) is 43.0 Å². The zero-order valence-corrected chi connectivity index (χ0v) is 15.0. The number of para-hydroxylation sites is 1. The van der Waals surface area contributed by atoms with Gasteiger partial charge in [0.1, 0.15) is 23.9 Å². The number of nitrogens with two attached hydrogens (primary N) is 1. The molecule has 2 heterocycles. The lowest BCUT2D eigenvalue weighted by Crippen LogP contribution is -2.18. The molecule has 2 N–H and O–H groups in total. The quantitative estimate of drug-likeness (QED) is 0.645. The number of hydrogen-bond donors (Lipinski definition) is 1. The summed E-state index contributed by atoms with van der Waals surface area (Å²) in [6, 6.07) is 9.06. The van der Waals surface area contributed by atoms with Crippen LogP contribution in [0.5, 0.6) is 5.75 Å². The van der Waals surface area contributed by atoms with Crippen LogP contribution in [0.2, 0.25) is 0 Å². The van der Waals surface area contributed by atoms with Crippen molar-refractivity contribution < 1.29 is 13.8 Å². The summed E-state index contributed by atoms with van der Waals surface area (Å²) in [5.74, 6) is 0.906. The van der Waals surface area contributed by atoms with Gasteiger partial charge in [-0.05, 0) is 19.1 Å². The highest BCUT2D eigenvalue weighted by atomic mass is 31.2. The number of benzene rings is 1. The summed E-state index contributed by atoms with van der Waals surface area (Å²) in [6.07, 6.45) is 2.85. The Bertz CT molecular complexity index is 899. The van der Waals surface area contributed by atoms with E-state index in [1.54, 1.807) is 25.1 Å². The molecule has 0 bridgehead atoms. The second kappa shape index (κ2) is 7.21. The Kier molecular flexibility index (Phi) is 5.01. The molecule has 2 aromatic heterocycles. The van der Waals surface area contributed by atoms with Crippen LogP contribution in [0.3, 0.4) is 0 Å². The van der Waals surface area contributed by atoms with Gasteiger partial charge in [0.25, 0.3) is 7.37 Å². The largest absolute Gasteiger partial charge is 0.441 e. The van der Waals surface area contributed by atoms with Crippen molar-refractivity contribution >= 4 is 24.4 Å². The number of fused-ring (bicyclic) bond motifs is 1. The maximum Gasteiger partial charge on any atom is 0.269 e. The summed E-state index contributed by atoms with van der Waals surface area (Å²) < 4.78 is 25.6. The fraction of sp³-hybridized carbons (Fsp3) is 0.312. The van der Waals surface area contributed by atoms with E-state index in [1.165, 1.54) is 6.33 Å². The molecular formula is C16H20N5O3P. The molecule has 132 valence electrons. The minimum absolute atomic E-state index is 0.0206. The van der Waals surface area contributed by atoms with Gasteiger partial charge in [-0.3, -0.25) is 4.57 Å². The van der Waals surface area contributed by atoms with Crippen molar-refractivity contribution in [2.45, 2.75) is 19.6 Å². The molecule has 9 heteroatoms. The minimum Gasteiger partial charge on any atom is -0.441 e. The van der Waals surface area contributed by atoms with Gasteiger partial charge in [0.2, 0.25) is 0 Å². The van der Waals surface area contributed by atoms with E-state index in [0.717, 1.165) is 0 Å². The van der Waals surface area contributed by atoms with Gasteiger partial charge >= 0.3 is 0 Å². The first-order chi connectivity index (χ1) is 11.9. The van der Waals surface area contributed by atoms with Crippen molar-refractivity contribution in [2.24, 2.45) is 0 Å². The van der Waals surface area contributed by atoms with Gasteiger partial charge in [0.15, 0.2) is 11.5 Å². The highest BCUT2D eigenvalue weighted by Crippen LogP contribution is 2.43. The summed E-state index contributed by atoms with van der Waals surface area (Å²) in [6.45, 7) is 3.95. The lowest BCUT2D eigenvalue weighted by Gasteiger charge is -2.19. The Morgan fingerprint density at radius 2 is 2.00 bits per heavy atom.